The number of hydrogen-bond acceptors (Lipinski definition) is 4. The SMILES string of the molecule is CCCCCC(/C=C/C1(CCCCCCC(=O)O)CCCC1=O)OC(C)=O. The van der Waals surface area contributed by atoms with Gasteiger partial charge in [0.1, 0.15) is 11.9 Å². The molecule has 5 heteroatoms. The van der Waals surface area contributed by atoms with E-state index >= 15 is 0 Å². The first-order chi connectivity index (χ1) is 12.9. The number of unbranched alkanes of at least 4 members (excludes halogenated alkanes) is 5. The zero-order valence-corrected chi connectivity index (χ0v) is 17.0. The van der Waals surface area contributed by atoms with Crippen molar-refractivity contribution < 1.29 is 24.2 Å². The van der Waals surface area contributed by atoms with Crippen LogP contribution in [0.3, 0.4) is 0 Å². The van der Waals surface area contributed by atoms with Crippen LogP contribution in [0.4, 0.5) is 0 Å². The second kappa shape index (κ2) is 12.7. The average molecular weight is 381 g/mol. The Labute approximate surface area is 163 Å². The molecule has 0 saturated heterocycles. The van der Waals surface area contributed by atoms with Crippen molar-refractivity contribution in [2.24, 2.45) is 5.41 Å². The van der Waals surface area contributed by atoms with Crippen LogP contribution in [0.25, 0.3) is 0 Å². The third-order valence-corrected chi connectivity index (χ3v) is 5.39. The Morgan fingerprint density at radius 2 is 1.93 bits per heavy atom. The molecule has 2 atom stereocenters. The zero-order chi connectivity index (χ0) is 20.1. The van der Waals surface area contributed by atoms with E-state index < -0.39 is 11.4 Å². The number of carboxylic acids is 1. The number of carbonyl (C=O) groups is 3. The van der Waals surface area contributed by atoms with E-state index in [0.717, 1.165) is 64.2 Å². The van der Waals surface area contributed by atoms with Crippen LogP contribution in [0.5, 0.6) is 0 Å². The Morgan fingerprint density at radius 1 is 1.19 bits per heavy atom. The van der Waals surface area contributed by atoms with Crippen molar-refractivity contribution in [1.29, 1.82) is 0 Å². The standard InChI is InChI=1S/C22H36O5/c1-3-4-7-11-19(27-18(2)23)14-17-22(16-10-12-20(22)24)15-9-6-5-8-13-21(25)26/h14,17,19H,3-13,15-16H2,1-2H3,(H,25,26)/b17-14+. The minimum absolute atomic E-state index is 0.214. The largest absolute Gasteiger partial charge is 0.481 e. The normalized spacial score (nSPS) is 20.9. The Morgan fingerprint density at radius 3 is 2.52 bits per heavy atom. The summed E-state index contributed by atoms with van der Waals surface area (Å²) in [4.78, 5) is 34.5. The zero-order valence-electron chi connectivity index (χ0n) is 17.0. The molecule has 0 aliphatic heterocycles. The number of hydrogen-bond donors (Lipinski definition) is 1. The molecule has 1 aliphatic carbocycles. The van der Waals surface area contributed by atoms with Crippen LogP contribution in [-0.2, 0) is 19.1 Å². The first-order valence-electron chi connectivity index (χ1n) is 10.5. The van der Waals surface area contributed by atoms with E-state index in [1.54, 1.807) is 0 Å². The maximum Gasteiger partial charge on any atom is 0.303 e. The summed E-state index contributed by atoms with van der Waals surface area (Å²) >= 11 is 0. The number of Topliss-reactive ketones (excluding diaryl/α,β-unsaturated/α-hetero) is 1. The molecular formula is C22H36O5. The molecule has 1 N–H and O–H groups in total. The molecule has 0 aromatic carbocycles. The maximum absolute atomic E-state index is 12.6. The second-order valence-electron chi connectivity index (χ2n) is 7.74. The lowest BCUT2D eigenvalue weighted by Crippen LogP contribution is -2.24. The lowest BCUT2D eigenvalue weighted by Gasteiger charge is -2.24. The predicted molar refractivity (Wildman–Crippen MR) is 105 cm³/mol. The fraction of sp³-hybridized carbons (Fsp3) is 0.773. The summed E-state index contributed by atoms with van der Waals surface area (Å²) in [6.45, 7) is 3.56. The highest BCUT2D eigenvalue weighted by Gasteiger charge is 2.39. The van der Waals surface area contributed by atoms with E-state index in [0.29, 0.717) is 18.6 Å². The topological polar surface area (TPSA) is 80.7 Å². The average Bonchev–Trinajstić information content (AvgIpc) is 2.96. The lowest BCUT2D eigenvalue weighted by molar-refractivity contribution is -0.144. The number of ether oxygens (including phenoxy) is 1. The molecule has 2 unspecified atom stereocenters. The first kappa shape index (κ1) is 23.4. The van der Waals surface area contributed by atoms with Gasteiger partial charge < -0.3 is 9.84 Å². The van der Waals surface area contributed by atoms with Crippen LogP contribution >= 0.6 is 0 Å². The fourth-order valence-electron chi connectivity index (χ4n) is 3.84. The summed E-state index contributed by atoms with van der Waals surface area (Å²) in [6.07, 6.45) is 14.6. The summed E-state index contributed by atoms with van der Waals surface area (Å²) < 4.78 is 5.42. The number of esters is 1. The van der Waals surface area contributed by atoms with Gasteiger partial charge >= 0.3 is 11.9 Å². The summed E-state index contributed by atoms with van der Waals surface area (Å²) in [7, 11) is 0. The smallest absolute Gasteiger partial charge is 0.303 e. The van der Waals surface area contributed by atoms with Crippen molar-refractivity contribution in [3.8, 4) is 0 Å². The van der Waals surface area contributed by atoms with Gasteiger partial charge in [0.2, 0.25) is 0 Å². The van der Waals surface area contributed by atoms with E-state index in [9.17, 15) is 14.4 Å². The van der Waals surface area contributed by atoms with Crippen LogP contribution in [0, 0.1) is 5.41 Å². The minimum Gasteiger partial charge on any atom is -0.481 e. The predicted octanol–water partition coefficient (Wildman–Crippen LogP) is 5.22. The van der Waals surface area contributed by atoms with Crippen LogP contribution in [0.1, 0.15) is 97.3 Å². The number of ketones is 1. The number of rotatable bonds is 14. The van der Waals surface area contributed by atoms with Gasteiger partial charge in [-0.3, -0.25) is 14.4 Å². The quantitative estimate of drug-likeness (QED) is 0.254. The summed E-state index contributed by atoms with van der Waals surface area (Å²) in [6, 6.07) is 0. The van der Waals surface area contributed by atoms with Gasteiger partial charge in [-0.25, -0.2) is 0 Å². The summed E-state index contributed by atoms with van der Waals surface area (Å²) in [5, 5.41) is 8.69. The van der Waals surface area contributed by atoms with Crippen molar-refractivity contribution in [1.82, 2.24) is 0 Å². The van der Waals surface area contributed by atoms with Crippen molar-refractivity contribution in [2.45, 2.75) is 103 Å². The Hall–Kier alpha value is -1.65. The molecule has 1 rings (SSSR count). The van der Waals surface area contributed by atoms with E-state index in [1.807, 2.05) is 12.2 Å². The van der Waals surface area contributed by atoms with Gasteiger partial charge in [-0.05, 0) is 44.6 Å². The number of allylic oxidation sites excluding steroid dienone is 1. The van der Waals surface area contributed by atoms with Crippen molar-refractivity contribution in [2.75, 3.05) is 0 Å². The molecule has 154 valence electrons. The number of carbonyl (C=O) groups excluding carboxylic acids is 2. The van der Waals surface area contributed by atoms with Gasteiger partial charge in [0.15, 0.2) is 0 Å². The Bertz CT molecular complexity index is 511. The molecule has 0 amide bonds. The van der Waals surface area contributed by atoms with Crippen molar-refractivity contribution in [3.63, 3.8) is 0 Å². The van der Waals surface area contributed by atoms with Gasteiger partial charge in [-0.1, -0.05) is 45.1 Å². The van der Waals surface area contributed by atoms with Gasteiger partial charge in [0.05, 0.1) is 0 Å². The molecule has 0 spiro atoms. The van der Waals surface area contributed by atoms with Gasteiger partial charge in [0.25, 0.3) is 0 Å². The van der Waals surface area contributed by atoms with Gasteiger partial charge in [-0.2, -0.15) is 0 Å². The van der Waals surface area contributed by atoms with Crippen molar-refractivity contribution >= 4 is 17.7 Å². The molecule has 1 fully saturated rings. The van der Waals surface area contributed by atoms with Crippen LogP contribution in [-0.4, -0.2) is 28.9 Å². The van der Waals surface area contributed by atoms with Crippen LogP contribution in [0.15, 0.2) is 12.2 Å². The molecule has 0 heterocycles. The molecule has 1 aliphatic rings. The highest BCUT2D eigenvalue weighted by atomic mass is 16.5. The van der Waals surface area contributed by atoms with E-state index in [1.165, 1.54) is 6.92 Å². The third-order valence-electron chi connectivity index (χ3n) is 5.39. The molecule has 0 bridgehead atoms. The minimum atomic E-state index is -0.750. The lowest BCUT2D eigenvalue weighted by atomic mass is 9.79. The molecule has 0 aromatic heterocycles. The van der Waals surface area contributed by atoms with Gasteiger partial charge in [0, 0.05) is 25.2 Å². The summed E-state index contributed by atoms with van der Waals surface area (Å²) in [5.41, 5.74) is -0.421. The molecule has 5 nitrogen and oxygen atoms in total. The molecule has 0 radical (unpaired) electrons. The number of aliphatic carboxylic acids is 1. The first-order valence-corrected chi connectivity index (χ1v) is 10.5. The Balaban J connectivity index is 2.62. The van der Waals surface area contributed by atoms with Gasteiger partial charge in [-0.15, -0.1) is 0 Å². The second-order valence-corrected chi connectivity index (χ2v) is 7.74. The van der Waals surface area contributed by atoms with E-state index in [-0.39, 0.29) is 18.5 Å². The number of carboxylic acid groups (broad SMARTS) is 1. The molecule has 1 saturated carbocycles. The fourth-order valence-corrected chi connectivity index (χ4v) is 3.84. The molecular weight excluding hydrogens is 344 g/mol. The van der Waals surface area contributed by atoms with E-state index in [2.05, 4.69) is 6.92 Å². The van der Waals surface area contributed by atoms with Crippen LogP contribution < -0.4 is 0 Å². The molecule has 27 heavy (non-hydrogen) atoms. The maximum atomic E-state index is 12.6. The molecule has 0 aromatic rings. The highest BCUT2D eigenvalue weighted by molar-refractivity contribution is 5.88. The highest BCUT2D eigenvalue weighted by Crippen LogP contribution is 2.41. The third kappa shape index (κ3) is 9.21. The Kier molecular flexibility index (Phi) is 11.0. The van der Waals surface area contributed by atoms with Crippen molar-refractivity contribution in [3.05, 3.63) is 12.2 Å². The monoisotopic (exact) mass is 380 g/mol. The summed E-state index contributed by atoms with van der Waals surface area (Å²) in [5.74, 6) is -0.745. The van der Waals surface area contributed by atoms with E-state index in [4.69, 9.17) is 9.84 Å². The van der Waals surface area contributed by atoms with Crippen LogP contribution in [0.2, 0.25) is 0 Å².